The van der Waals surface area contributed by atoms with E-state index in [1.165, 1.54) is 0 Å². The molecule has 1 atom stereocenters. The van der Waals surface area contributed by atoms with Gasteiger partial charge in [-0.3, -0.25) is 5.41 Å². The molecule has 16 heavy (non-hydrogen) atoms. The van der Waals surface area contributed by atoms with Gasteiger partial charge in [-0.1, -0.05) is 31.9 Å². The summed E-state index contributed by atoms with van der Waals surface area (Å²) in [6, 6.07) is 5.46. The molecule has 0 radical (unpaired) electrons. The first kappa shape index (κ1) is 13.4. The van der Waals surface area contributed by atoms with Crippen LogP contribution in [0.15, 0.2) is 23.1 Å². The zero-order chi connectivity index (χ0) is 12.1. The second kappa shape index (κ2) is 6.16. The molecule has 1 rings (SSSR count). The molecule has 0 aliphatic carbocycles. The number of halogens is 1. The van der Waals surface area contributed by atoms with Crippen molar-refractivity contribution in [2.24, 2.45) is 11.7 Å². The van der Waals surface area contributed by atoms with Crippen LogP contribution in [0.3, 0.4) is 0 Å². The minimum absolute atomic E-state index is 0.100. The van der Waals surface area contributed by atoms with Gasteiger partial charge in [0.05, 0.1) is 0 Å². The maximum atomic E-state index is 7.50. The molecule has 1 aromatic carbocycles. The molecular formula is C12H17ClN2S. The van der Waals surface area contributed by atoms with Gasteiger partial charge in [0.2, 0.25) is 0 Å². The van der Waals surface area contributed by atoms with Gasteiger partial charge in [-0.2, -0.15) is 0 Å². The monoisotopic (exact) mass is 256 g/mol. The summed E-state index contributed by atoms with van der Waals surface area (Å²) >= 11 is 7.66. The predicted molar refractivity (Wildman–Crippen MR) is 72.6 cm³/mol. The lowest BCUT2D eigenvalue weighted by Crippen LogP contribution is -2.12. The molecule has 0 aliphatic rings. The molecule has 88 valence electrons. The first-order chi connectivity index (χ1) is 7.54. The Hall–Kier alpha value is -0.670. The summed E-state index contributed by atoms with van der Waals surface area (Å²) in [5.41, 5.74) is 6.31. The van der Waals surface area contributed by atoms with Crippen LogP contribution in [0.5, 0.6) is 0 Å². The van der Waals surface area contributed by atoms with Gasteiger partial charge < -0.3 is 5.73 Å². The Labute approximate surface area is 106 Å². The van der Waals surface area contributed by atoms with E-state index >= 15 is 0 Å². The molecule has 2 nitrogen and oxygen atoms in total. The number of benzene rings is 1. The molecular weight excluding hydrogens is 240 g/mol. The number of amidine groups is 1. The highest BCUT2D eigenvalue weighted by atomic mass is 35.5. The third kappa shape index (κ3) is 3.72. The van der Waals surface area contributed by atoms with Crippen molar-refractivity contribution in [3.05, 3.63) is 28.8 Å². The smallest absolute Gasteiger partial charge is 0.123 e. The van der Waals surface area contributed by atoms with Gasteiger partial charge in [-0.25, -0.2) is 0 Å². The maximum Gasteiger partial charge on any atom is 0.123 e. The number of nitrogens with one attached hydrogen (secondary N) is 1. The summed E-state index contributed by atoms with van der Waals surface area (Å²) in [6.07, 6.45) is 1.16. The molecule has 4 heteroatoms. The molecule has 0 saturated carbocycles. The quantitative estimate of drug-likeness (QED) is 0.479. The summed E-state index contributed by atoms with van der Waals surface area (Å²) in [5, 5.41) is 8.19. The highest BCUT2D eigenvalue weighted by Gasteiger charge is 2.08. The molecule has 0 fully saturated rings. The molecule has 0 bridgehead atoms. The van der Waals surface area contributed by atoms with E-state index in [2.05, 4.69) is 13.8 Å². The van der Waals surface area contributed by atoms with Gasteiger partial charge in [-0.15, -0.1) is 11.8 Å². The number of nitrogen functional groups attached to an aromatic ring is 1. The van der Waals surface area contributed by atoms with E-state index in [-0.39, 0.29) is 5.84 Å². The van der Waals surface area contributed by atoms with Crippen molar-refractivity contribution in [3.8, 4) is 0 Å². The molecule has 0 spiro atoms. The van der Waals surface area contributed by atoms with Crippen LogP contribution >= 0.6 is 23.4 Å². The zero-order valence-electron chi connectivity index (χ0n) is 9.59. The average Bonchev–Trinajstić information content (AvgIpc) is 2.25. The number of rotatable bonds is 5. The molecule has 0 heterocycles. The minimum atomic E-state index is 0.100. The minimum Gasteiger partial charge on any atom is -0.384 e. The lowest BCUT2D eigenvalue weighted by atomic mass is 10.2. The van der Waals surface area contributed by atoms with E-state index in [0.717, 1.165) is 22.6 Å². The Morgan fingerprint density at radius 3 is 2.81 bits per heavy atom. The first-order valence-electron chi connectivity index (χ1n) is 5.31. The van der Waals surface area contributed by atoms with Gasteiger partial charge >= 0.3 is 0 Å². The van der Waals surface area contributed by atoms with E-state index < -0.39 is 0 Å². The highest BCUT2D eigenvalue weighted by Crippen LogP contribution is 2.28. The molecule has 0 aliphatic heterocycles. The SMILES string of the molecule is CCC(C)CSc1cc(Cl)ccc1C(=N)N. The van der Waals surface area contributed by atoms with Crippen LogP contribution in [-0.4, -0.2) is 11.6 Å². The molecule has 1 unspecified atom stereocenters. The van der Waals surface area contributed by atoms with Crippen LogP contribution in [0.25, 0.3) is 0 Å². The molecule has 1 aromatic rings. The molecule has 0 amide bonds. The fourth-order valence-electron chi connectivity index (χ4n) is 1.19. The van der Waals surface area contributed by atoms with E-state index in [9.17, 15) is 0 Å². The second-order valence-corrected chi connectivity index (χ2v) is 5.38. The second-order valence-electron chi connectivity index (χ2n) is 3.88. The Morgan fingerprint density at radius 2 is 2.25 bits per heavy atom. The van der Waals surface area contributed by atoms with Crippen molar-refractivity contribution >= 4 is 29.2 Å². The van der Waals surface area contributed by atoms with Gasteiger partial charge in [-0.05, 0) is 24.1 Å². The first-order valence-corrected chi connectivity index (χ1v) is 6.67. The Morgan fingerprint density at radius 1 is 1.56 bits per heavy atom. The average molecular weight is 257 g/mol. The van der Waals surface area contributed by atoms with Crippen molar-refractivity contribution in [2.75, 3.05) is 5.75 Å². The van der Waals surface area contributed by atoms with Crippen LogP contribution in [0.2, 0.25) is 5.02 Å². The van der Waals surface area contributed by atoms with Crippen molar-refractivity contribution in [1.82, 2.24) is 0 Å². The number of hydrogen-bond acceptors (Lipinski definition) is 2. The number of nitrogens with two attached hydrogens (primary N) is 1. The van der Waals surface area contributed by atoms with Gasteiger partial charge in [0, 0.05) is 21.2 Å². The van der Waals surface area contributed by atoms with Gasteiger partial charge in [0.25, 0.3) is 0 Å². The maximum absolute atomic E-state index is 7.50. The Balaban J connectivity index is 2.84. The predicted octanol–water partition coefficient (Wildman–Crippen LogP) is 3.76. The normalized spacial score (nSPS) is 12.4. The van der Waals surface area contributed by atoms with Crippen molar-refractivity contribution in [3.63, 3.8) is 0 Å². The fraction of sp³-hybridized carbons (Fsp3) is 0.417. The summed E-state index contributed by atoms with van der Waals surface area (Å²) in [6.45, 7) is 4.39. The topological polar surface area (TPSA) is 49.9 Å². The summed E-state index contributed by atoms with van der Waals surface area (Å²) in [4.78, 5) is 1.00. The standard InChI is InChI=1S/C12H17ClN2S/c1-3-8(2)7-16-11-6-9(13)4-5-10(11)12(14)15/h4-6,8H,3,7H2,1-2H3,(H3,14,15). The van der Waals surface area contributed by atoms with Crippen LogP contribution in [0.1, 0.15) is 25.8 Å². The summed E-state index contributed by atoms with van der Waals surface area (Å²) in [7, 11) is 0. The largest absolute Gasteiger partial charge is 0.384 e. The Kier molecular flexibility index (Phi) is 5.16. The van der Waals surface area contributed by atoms with Crippen molar-refractivity contribution < 1.29 is 0 Å². The van der Waals surface area contributed by atoms with Crippen LogP contribution < -0.4 is 5.73 Å². The van der Waals surface area contributed by atoms with E-state index in [1.807, 2.05) is 12.1 Å². The van der Waals surface area contributed by atoms with Crippen molar-refractivity contribution in [2.45, 2.75) is 25.2 Å². The summed E-state index contributed by atoms with van der Waals surface area (Å²) in [5.74, 6) is 1.78. The van der Waals surface area contributed by atoms with Crippen LogP contribution in [-0.2, 0) is 0 Å². The highest BCUT2D eigenvalue weighted by molar-refractivity contribution is 7.99. The van der Waals surface area contributed by atoms with E-state index in [1.54, 1.807) is 17.8 Å². The van der Waals surface area contributed by atoms with Crippen molar-refractivity contribution in [1.29, 1.82) is 5.41 Å². The molecule has 0 aromatic heterocycles. The number of hydrogen-bond donors (Lipinski definition) is 2. The third-order valence-electron chi connectivity index (χ3n) is 2.45. The van der Waals surface area contributed by atoms with Crippen LogP contribution in [0.4, 0.5) is 0 Å². The van der Waals surface area contributed by atoms with Gasteiger partial charge in [0.1, 0.15) is 5.84 Å². The van der Waals surface area contributed by atoms with Gasteiger partial charge in [0.15, 0.2) is 0 Å². The number of thioether (sulfide) groups is 1. The molecule has 3 N–H and O–H groups in total. The Bertz CT molecular complexity index is 379. The zero-order valence-corrected chi connectivity index (χ0v) is 11.2. The lowest BCUT2D eigenvalue weighted by Gasteiger charge is -2.11. The van der Waals surface area contributed by atoms with Crippen LogP contribution in [0, 0.1) is 11.3 Å². The lowest BCUT2D eigenvalue weighted by molar-refractivity contribution is 0.637. The van der Waals surface area contributed by atoms with E-state index in [4.69, 9.17) is 22.7 Å². The third-order valence-corrected chi connectivity index (χ3v) is 4.07. The summed E-state index contributed by atoms with van der Waals surface area (Å²) < 4.78 is 0. The fourth-order valence-corrected chi connectivity index (χ4v) is 2.67. The van der Waals surface area contributed by atoms with E-state index in [0.29, 0.717) is 10.9 Å². The molecule has 0 saturated heterocycles.